The van der Waals surface area contributed by atoms with Crippen LogP contribution >= 0.6 is 0 Å². The summed E-state index contributed by atoms with van der Waals surface area (Å²) < 4.78 is 40.1. The predicted molar refractivity (Wildman–Crippen MR) is 71.7 cm³/mol. The molecule has 1 saturated heterocycles. The van der Waals surface area contributed by atoms with E-state index >= 15 is 0 Å². The summed E-state index contributed by atoms with van der Waals surface area (Å²) in [4.78, 5) is 15.4. The van der Waals surface area contributed by atoms with Gasteiger partial charge in [-0.25, -0.2) is 4.79 Å². The van der Waals surface area contributed by atoms with Crippen molar-refractivity contribution in [2.24, 2.45) is 0 Å². The predicted octanol–water partition coefficient (Wildman–Crippen LogP) is 0.916. The minimum absolute atomic E-state index is 0.0857. The van der Waals surface area contributed by atoms with E-state index in [0.29, 0.717) is 39.1 Å². The van der Waals surface area contributed by atoms with Gasteiger partial charge in [-0.1, -0.05) is 5.92 Å². The van der Waals surface area contributed by atoms with Gasteiger partial charge < -0.3 is 15.0 Å². The minimum atomic E-state index is -4.27. The quantitative estimate of drug-likeness (QED) is 0.586. The molecule has 8 heteroatoms. The molecular formula is C13H20F3N3O2. The molecule has 1 aliphatic heterocycles. The van der Waals surface area contributed by atoms with Crippen molar-refractivity contribution in [2.45, 2.75) is 12.6 Å². The van der Waals surface area contributed by atoms with Gasteiger partial charge >= 0.3 is 12.2 Å². The second-order valence-corrected chi connectivity index (χ2v) is 4.71. The lowest BCUT2D eigenvalue weighted by Crippen LogP contribution is -2.52. The van der Waals surface area contributed by atoms with E-state index in [0.717, 1.165) is 0 Å². The van der Waals surface area contributed by atoms with Gasteiger partial charge in [0.05, 0.1) is 6.54 Å². The van der Waals surface area contributed by atoms with Crippen LogP contribution in [0.25, 0.3) is 0 Å². The van der Waals surface area contributed by atoms with E-state index in [1.807, 2.05) is 0 Å². The largest absolute Gasteiger partial charge is 0.411 e. The van der Waals surface area contributed by atoms with Crippen LogP contribution in [0.4, 0.5) is 18.0 Å². The van der Waals surface area contributed by atoms with Crippen molar-refractivity contribution in [3.63, 3.8) is 0 Å². The Morgan fingerprint density at radius 1 is 1.29 bits per heavy atom. The first-order chi connectivity index (χ1) is 9.92. The van der Waals surface area contributed by atoms with Crippen LogP contribution in [0.5, 0.6) is 0 Å². The first-order valence-electron chi connectivity index (χ1n) is 6.75. The van der Waals surface area contributed by atoms with Gasteiger partial charge in [-0.2, -0.15) is 13.2 Å². The number of nitrogens with one attached hydrogen (secondary N) is 1. The highest BCUT2D eigenvalue weighted by Crippen LogP contribution is 2.14. The zero-order valence-electron chi connectivity index (χ0n) is 11.8. The standard InChI is InChI=1S/C13H20F3N3O2/c1-2-4-17-12(20)19-8-6-18(7-9-19)5-3-10-21-11-13(14,15)16/h1H,3-11H2,(H,17,20). The molecule has 5 nitrogen and oxygen atoms in total. The van der Waals surface area contributed by atoms with E-state index in [2.05, 4.69) is 20.9 Å². The molecule has 0 spiro atoms. The Morgan fingerprint density at radius 2 is 1.95 bits per heavy atom. The van der Waals surface area contributed by atoms with E-state index in [4.69, 9.17) is 6.42 Å². The van der Waals surface area contributed by atoms with Gasteiger partial charge in [0.25, 0.3) is 0 Å². The van der Waals surface area contributed by atoms with Crippen molar-refractivity contribution >= 4 is 6.03 Å². The molecule has 1 fully saturated rings. The number of ether oxygens (including phenoxy) is 1. The van der Waals surface area contributed by atoms with Crippen LogP contribution in [0.3, 0.4) is 0 Å². The fourth-order valence-electron chi connectivity index (χ4n) is 1.99. The Hall–Kier alpha value is -1.46. The maximum atomic E-state index is 11.9. The van der Waals surface area contributed by atoms with Gasteiger partial charge in [-0.05, 0) is 6.42 Å². The highest BCUT2D eigenvalue weighted by Gasteiger charge is 2.27. The van der Waals surface area contributed by atoms with Gasteiger partial charge in [0.15, 0.2) is 0 Å². The van der Waals surface area contributed by atoms with Crippen molar-refractivity contribution in [2.75, 3.05) is 52.5 Å². The molecule has 1 rings (SSSR count). The van der Waals surface area contributed by atoms with E-state index < -0.39 is 12.8 Å². The summed E-state index contributed by atoms with van der Waals surface area (Å²) in [5.41, 5.74) is 0. The molecule has 2 amide bonds. The molecule has 120 valence electrons. The lowest BCUT2D eigenvalue weighted by molar-refractivity contribution is -0.174. The summed E-state index contributed by atoms with van der Waals surface area (Å²) in [7, 11) is 0. The molecule has 0 atom stereocenters. The van der Waals surface area contributed by atoms with Gasteiger partial charge in [0.2, 0.25) is 0 Å². The summed E-state index contributed by atoms with van der Waals surface area (Å²) in [6.45, 7) is 2.32. The molecule has 0 saturated carbocycles. The highest BCUT2D eigenvalue weighted by atomic mass is 19.4. The van der Waals surface area contributed by atoms with Crippen molar-refractivity contribution in [3.05, 3.63) is 0 Å². The van der Waals surface area contributed by atoms with Crippen molar-refractivity contribution in [3.8, 4) is 12.3 Å². The van der Waals surface area contributed by atoms with E-state index in [1.54, 1.807) is 4.90 Å². The molecule has 0 radical (unpaired) electrons. The van der Waals surface area contributed by atoms with Crippen LogP contribution in [0.1, 0.15) is 6.42 Å². The number of carbonyl (C=O) groups is 1. The Kier molecular flexibility index (Phi) is 7.32. The van der Waals surface area contributed by atoms with E-state index in [9.17, 15) is 18.0 Å². The monoisotopic (exact) mass is 307 g/mol. The normalized spacial score (nSPS) is 16.6. The van der Waals surface area contributed by atoms with Crippen LogP contribution in [0, 0.1) is 12.3 Å². The third-order valence-corrected chi connectivity index (χ3v) is 3.03. The van der Waals surface area contributed by atoms with Crippen molar-refractivity contribution in [1.29, 1.82) is 0 Å². The fraction of sp³-hybridized carbons (Fsp3) is 0.769. The zero-order valence-corrected chi connectivity index (χ0v) is 11.8. The lowest BCUT2D eigenvalue weighted by Gasteiger charge is -2.34. The van der Waals surface area contributed by atoms with Gasteiger partial charge in [-0.3, -0.25) is 4.90 Å². The van der Waals surface area contributed by atoms with Gasteiger partial charge in [0.1, 0.15) is 6.61 Å². The van der Waals surface area contributed by atoms with Crippen LogP contribution < -0.4 is 5.32 Å². The van der Waals surface area contributed by atoms with Crippen molar-refractivity contribution in [1.82, 2.24) is 15.1 Å². The SMILES string of the molecule is C#CCNC(=O)N1CCN(CCCOCC(F)(F)F)CC1. The zero-order chi connectivity index (χ0) is 15.7. The molecule has 0 aromatic rings. The number of hydrogen-bond acceptors (Lipinski definition) is 3. The average molecular weight is 307 g/mol. The van der Waals surface area contributed by atoms with Crippen LogP contribution in [0.15, 0.2) is 0 Å². The van der Waals surface area contributed by atoms with Crippen LogP contribution in [-0.2, 0) is 4.74 Å². The molecule has 1 N–H and O–H groups in total. The number of amides is 2. The molecule has 1 heterocycles. The second kappa shape index (κ2) is 8.74. The first-order valence-corrected chi connectivity index (χ1v) is 6.75. The fourth-order valence-corrected chi connectivity index (χ4v) is 1.99. The number of urea groups is 1. The number of piperazine rings is 1. The smallest absolute Gasteiger partial charge is 0.372 e. The first kappa shape index (κ1) is 17.6. The average Bonchev–Trinajstić information content (AvgIpc) is 2.44. The molecule has 0 unspecified atom stereocenters. The highest BCUT2D eigenvalue weighted by molar-refractivity contribution is 5.74. The Labute approximate surface area is 122 Å². The topological polar surface area (TPSA) is 44.8 Å². The molecular weight excluding hydrogens is 287 g/mol. The number of rotatable bonds is 6. The number of hydrogen-bond donors (Lipinski definition) is 1. The summed E-state index contributed by atoms with van der Waals surface area (Å²) >= 11 is 0. The van der Waals surface area contributed by atoms with Crippen LogP contribution in [0.2, 0.25) is 0 Å². The van der Waals surface area contributed by atoms with Crippen LogP contribution in [-0.4, -0.2) is 74.5 Å². The van der Waals surface area contributed by atoms with Gasteiger partial charge in [-0.15, -0.1) is 6.42 Å². The molecule has 0 aliphatic carbocycles. The summed E-state index contributed by atoms with van der Waals surface area (Å²) in [6, 6.07) is -0.180. The van der Waals surface area contributed by atoms with E-state index in [1.165, 1.54) is 0 Å². The summed E-state index contributed by atoms with van der Waals surface area (Å²) in [6.07, 6.45) is 1.34. The molecule has 0 aromatic carbocycles. The third-order valence-electron chi connectivity index (χ3n) is 3.03. The van der Waals surface area contributed by atoms with Gasteiger partial charge in [0, 0.05) is 39.3 Å². The maximum absolute atomic E-state index is 11.9. The Bertz CT molecular complexity index is 361. The summed E-state index contributed by atoms with van der Waals surface area (Å²) in [5.74, 6) is 2.33. The second-order valence-electron chi connectivity index (χ2n) is 4.71. The molecule has 1 aliphatic rings. The van der Waals surface area contributed by atoms with E-state index in [-0.39, 0.29) is 19.2 Å². The van der Waals surface area contributed by atoms with Crippen molar-refractivity contribution < 1.29 is 22.7 Å². The minimum Gasteiger partial charge on any atom is -0.372 e. The number of nitrogens with zero attached hydrogens (tertiary/aromatic N) is 2. The Morgan fingerprint density at radius 3 is 2.52 bits per heavy atom. The number of carbonyl (C=O) groups excluding carboxylic acids is 1. The Balaban J connectivity index is 2.08. The molecule has 0 aromatic heterocycles. The maximum Gasteiger partial charge on any atom is 0.411 e. The number of terminal acetylenes is 1. The number of alkyl halides is 3. The summed E-state index contributed by atoms with van der Waals surface area (Å²) in [5, 5.41) is 2.60. The lowest BCUT2D eigenvalue weighted by atomic mass is 10.3. The molecule has 0 bridgehead atoms. The third kappa shape index (κ3) is 7.78. The molecule has 21 heavy (non-hydrogen) atoms. The number of halogens is 3.